The van der Waals surface area contributed by atoms with Crippen molar-refractivity contribution in [3.8, 4) is 16.9 Å². The maximum Gasteiger partial charge on any atom is 0.133 e. The van der Waals surface area contributed by atoms with E-state index in [1.165, 1.54) is 0 Å². The minimum absolute atomic E-state index is 0.522. The van der Waals surface area contributed by atoms with E-state index in [4.69, 9.17) is 16.3 Å². The molecule has 1 unspecified atom stereocenters. The van der Waals surface area contributed by atoms with Gasteiger partial charge in [0.1, 0.15) is 5.75 Å². The summed E-state index contributed by atoms with van der Waals surface area (Å²) in [6.07, 6.45) is 7.67. The van der Waals surface area contributed by atoms with Crippen molar-refractivity contribution in [2.24, 2.45) is 0 Å². The van der Waals surface area contributed by atoms with Crippen molar-refractivity contribution >= 4 is 29.4 Å². The zero-order valence-electron chi connectivity index (χ0n) is 12.3. The van der Waals surface area contributed by atoms with Crippen LogP contribution in [0.4, 0.5) is 0 Å². The molecule has 1 aliphatic rings. The Morgan fingerprint density at radius 1 is 1.14 bits per heavy atom. The summed E-state index contributed by atoms with van der Waals surface area (Å²) in [5.74, 6) is 0.864. The molecule has 0 amide bonds. The molecule has 2 aromatic carbocycles. The molecule has 3 heteroatoms. The summed E-state index contributed by atoms with van der Waals surface area (Å²) in [5, 5.41) is 3.41. The van der Waals surface area contributed by atoms with E-state index in [9.17, 15) is 0 Å². The van der Waals surface area contributed by atoms with E-state index >= 15 is 0 Å². The molecule has 0 saturated carbocycles. The van der Waals surface area contributed by atoms with E-state index in [1.807, 2.05) is 48.2 Å². The third-order valence-electron chi connectivity index (χ3n) is 3.62. The molecule has 0 bridgehead atoms. The van der Waals surface area contributed by atoms with E-state index in [0.717, 1.165) is 33.9 Å². The van der Waals surface area contributed by atoms with Gasteiger partial charge in [0.05, 0.1) is 7.11 Å². The number of halogens is 1. The standard InChI is InChI=1S/C19H17ClOS/c1-21-19-14(11-12-15-7-5-13-22-15)6-4-9-17(19)16-8-2-3-10-18(16)20/h2-6,8-13,15H,7H2,1H3. The van der Waals surface area contributed by atoms with E-state index in [0.29, 0.717) is 5.25 Å². The second-order valence-corrected chi connectivity index (χ2v) is 6.61. The minimum atomic E-state index is 0.522. The predicted molar refractivity (Wildman–Crippen MR) is 97.6 cm³/mol. The van der Waals surface area contributed by atoms with Gasteiger partial charge >= 0.3 is 0 Å². The second-order valence-electron chi connectivity index (χ2n) is 5.05. The smallest absolute Gasteiger partial charge is 0.133 e. The van der Waals surface area contributed by atoms with Crippen LogP contribution in [0.2, 0.25) is 5.02 Å². The predicted octanol–water partition coefficient (Wildman–Crippen LogP) is 6.05. The highest BCUT2D eigenvalue weighted by molar-refractivity contribution is 8.03. The zero-order valence-corrected chi connectivity index (χ0v) is 13.9. The van der Waals surface area contributed by atoms with Crippen LogP contribution in [0, 0.1) is 0 Å². The van der Waals surface area contributed by atoms with Crippen molar-refractivity contribution in [1.29, 1.82) is 0 Å². The van der Waals surface area contributed by atoms with E-state index in [2.05, 4.69) is 29.7 Å². The SMILES string of the molecule is COc1c(C=CC2CC=CS2)cccc1-c1ccccc1Cl. The molecular weight excluding hydrogens is 312 g/mol. The van der Waals surface area contributed by atoms with Crippen LogP contribution in [0.3, 0.4) is 0 Å². The van der Waals surface area contributed by atoms with Gasteiger partial charge in [0.25, 0.3) is 0 Å². The van der Waals surface area contributed by atoms with Gasteiger partial charge in [-0.25, -0.2) is 0 Å². The van der Waals surface area contributed by atoms with Crippen LogP contribution in [0.1, 0.15) is 12.0 Å². The maximum absolute atomic E-state index is 6.34. The molecule has 0 saturated heterocycles. The Kier molecular flexibility index (Phi) is 4.91. The normalized spacial score (nSPS) is 17.3. The highest BCUT2D eigenvalue weighted by Crippen LogP contribution is 2.37. The van der Waals surface area contributed by atoms with Crippen LogP contribution >= 0.6 is 23.4 Å². The average molecular weight is 329 g/mol. The lowest BCUT2D eigenvalue weighted by atomic mass is 10.0. The molecular formula is C19H17ClOS. The molecule has 1 aliphatic heterocycles. The fourth-order valence-electron chi connectivity index (χ4n) is 2.54. The van der Waals surface area contributed by atoms with Crippen LogP contribution in [0.5, 0.6) is 5.75 Å². The highest BCUT2D eigenvalue weighted by atomic mass is 35.5. The van der Waals surface area contributed by atoms with Crippen LogP contribution in [-0.2, 0) is 0 Å². The molecule has 22 heavy (non-hydrogen) atoms. The third-order valence-corrected chi connectivity index (χ3v) is 5.00. The lowest BCUT2D eigenvalue weighted by Crippen LogP contribution is -1.93. The van der Waals surface area contributed by atoms with Crippen LogP contribution in [0.25, 0.3) is 17.2 Å². The summed E-state index contributed by atoms with van der Waals surface area (Å²) >= 11 is 8.18. The Labute approximate surface area is 140 Å². The van der Waals surface area contributed by atoms with Gasteiger partial charge < -0.3 is 4.74 Å². The first-order valence-corrected chi connectivity index (χ1v) is 8.52. The molecule has 0 aliphatic carbocycles. The Morgan fingerprint density at radius 2 is 1.95 bits per heavy atom. The molecule has 0 radical (unpaired) electrons. The number of allylic oxidation sites excluding steroid dienone is 1. The third kappa shape index (κ3) is 3.23. The number of thioether (sulfide) groups is 1. The number of benzene rings is 2. The van der Waals surface area contributed by atoms with Gasteiger partial charge in [0.15, 0.2) is 0 Å². The topological polar surface area (TPSA) is 9.23 Å². The number of para-hydroxylation sites is 1. The maximum atomic E-state index is 6.34. The molecule has 1 atom stereocenters. The number of ether oxygens (including phenoxy) is 1. The summed E-state index contributed by atoms with van der Waals surface area (Å²) < 4.78 is 5.67. The number of rotatable bonds is 4. The molecule has 0 N–H and O–H groups in total. The number of hydrogen-bond acceptors (Lipinski definition) is 2. The minimum Gasteiger partial charge on any atom is -0.495 e. The lowest BCUT2D eigenvalue weighted by molar-refractivity contribution is 0.415. The van der Waals surface area contributed by atoms with Crippen molar-refractivity contribution in [2.45, 2.75) is 11.7 Å². The fourth-order valence-corrected chi connectivity index (χ4v) is 3.60. The molecule has 0 spiro atoms. The Bertz CT molecular complexity index is 713. The van der Waals surface area contributed by atoms with E-state index in [1.54, 1.807) is 7.11 Å². The van der Waals surface area contributed by atoms with Gasteiger partial charge in [-0.3, -0.25) is 0 Å². The molecule has 1 nitrogen and oxygen atoms in total. The lowest BCUT2D eigenvalue weighted by Gasteiger charge is -2.13. The first-order valence-electron chi connectivity index (χ1n) is 7.20. The van der Waals surface area contributed by atoms with Gasteiger partial charge in [-0.05, 0) is 17.9 Å². The molecule has 2 aromatic rings. The number of methoxy groups -OCH3 is 1. The Morgan fingerprint density at radius 3 is 2.68 bits per heavy atom. The van der Waals surface area contributed by atoms with Crippen LogP contribution in [-0.4, -0.2) is 12.4 Å². The molecule has 0 aromatic heterocycles. The van der Waals surface area contributed by atoms with Crippen molar-refractivity contribution < 1.29 is 4.74 Å². The van der Waals surface area contributed by atoms with Crippen LogP contribution < -0.4 is 4.74 Å². The average Bonchev–Trinajstić information content (AvgIpc) is 3.06. The summed E-state index contributed by atoms with van der Waals surface area (Å²) in [7, 11) is 1.71. The summed E-state index contributed by atoms with van der Waals surface area (Å²) in [5.41, 5.74) is 3.09. The largest absolute Gasteiger partial charge is 0.495 e. The van der Waals surface area contributed by atoms with E-state index < -0.39 is 0 Å². The van der Waals surface area contributed by atoms with Crippen molar-refractivity contribution in [1.82, 2.24) is 0 Å². The van der Waals surface area contributed by atoms with Crippen molar-refractivity contribution in [2.75, 3.05) is 7.11 Å². The summed E-state index contributed by atoms with van der Waals surface area (Å²) in [6, 6.07) is 14.0. The molecule has 0 fully saturated rings. The van der Waals surface area contributed by atoms with E-state index in [-0.39, 0.29) is 0 Å². The quantitative estimate of drug-likeness (QED) is 0.675. The monoisotopic (exact) mass is 328 g/mol. The highest BCUT2D eigenvalue weighted by Gasteiger charge is 2.12. The van der Waals surface area contributed by atoms with Crippen molar-refractivity contribution in [3.05, 3.63) is 70.6 Å². The molecule has 112 valence electrons. The van der Waals surface area contributed by atoms with Gasteiger partial charge in [0, 0.05) is 27.0 Å². The Hall–Kier alpha value is -1.64. The van der Waals surface area contributed by atoms with Gasteiger partial charge in [-0.15, -0.1) is 11.8 Å². The zero-order chi connectivity index (χ0) is 15.4. The first-order chi connectivity index (χ1) is 10.8. The Balaban J connectivity index is 1.98. The fraction of sp³-hybridized carbons (Fsp3) is 0.158. The van der Waals surface area contributed by atoms with Gasteiger partial charge in [0.2, 0.25) is 0 Å². The van der Waals surface area contributed by atoms with Crippen LogP contribution in [0.15, 0.2) is 60.0 Å². The van der Waals surface area contributed by atoms with Gasteiger partial charge in [-0.2, -0.15) is 0 Å². The molecule has 1 heterocycles. The molecule has 3 rings (SSSR count). The van der Waals surface area contributed by atoms with Gasteiger partial charge in [-0.1, -0.05) is 66.2 Å². The summed E-state index contributed by atoms with van der Waals surface area (Å²) in [4.78, 5) is 0. The second kappa shape index (κ2) is 7.08. The first kappa shape index (κ1) is 15.3. The number of hydrogen-bond donors (Lipinski definition) is 0. The van der Waals surface area contributed by atoms with Crippen molar-refractivity contribution in [3.63, 3.8) is 0 Å². The summed E-state index contributed by atoms with van der Waals surface area (Å²) in [6.45, 7) is 0.